The highest BCUT2D eigenvalue weighted by Crippen LogP contribution is 2.33. The molecule has 0 spiro atoms. The van der Waals surface area contributed by atoms with E-state index in [4.69, 9.17) is 11.6 Å². The minimum absolute atomic E-state index is 0.633. The number of hydrogen-bond donors (Lipinski definition) is 1. The summed E-state index contributed by atoms with van der Waals surface area (Å²) in [5, 5.41) is 11.7. The smallest absolute Gasteiger partial charge is 0.117 e. The van der Waals surface area contributed by atoms with E-state index in [-0.39, 0.29) is 0 Å². The van der Waals surface area contributed by atoms with Gasteiger partial charge in [0.2, 0.25) is 0 Å². The average Bonchev–Trinajstić information content (AvgIpc) is 2.72. The van der Waals surface area contributed by atoms with Crippen molar-refractivity contribution in [3.05, 3.63) is 37.9 Å². The van der Waals surface area contributed by atoms with Crippen LogP contribution < -0.4 is 0 Å². The quantitative estimate of drug-likeness (QED) is 0.862. The second-order valence-electron chi connectivity index (χ2n) is 2.46. The lowest BCUT2D eigenvalue weighted by molar-refractivity contribution is 0.224. The van der Waals surface area contributed by atoms with Gasteiger partial charge in [0.15, 0.2) is 0 Å². The van der Waals surface area contributed by atoms with Crippen molar-refractivity contribution in [2.45, 2.75) is 6.10 Å². The molecule has 2 heterocycles. The fourth-order valence-electron chi connectivity index (χ4n) is 1.01. The number of hydrogen-bond acceptors (Lipinski definition) is 4. The lowest BCUT2D eigenvalue weighted by Crippen LogP contribution is -1.95. The molecule has 2 nitrogen and oxygen atoms in total. The van der Waals surface area contributed by atoms with Crippen LogP contribution in [0.25, 0.3) is 0 Å². The van der Waals surface area contributed by atoms with Gasteiger partial charge in [0, 0.05) is 11.8 Å². The number of aliphatic hydroxyl groups is 1. The molecule has 0 saturated carbocycles. The first kappa shape index (κ1) is 9.15. The Morgan fingerprint density at radius 1 is 1.46 bits per heavy atom. The highest BCUT2D eigenvalue weighted by molar-refractivity contribution is 7.14. The van der Waals surface area contributed by atoms with E-state index in [2.05, 4.69) is 4.98 Å². The van der Waals surface area contributed by atoms with E-state index < -0.39 is 6.10 Å². The Morgan fingerprint density at radius 2 is 2.31 bits per heavy atom. The Morgan fingerprint density at radius 3 is 2.85 bits per heavy atom. The first-order valence-electron chi connectivity index (χ1n) is 3.58. The summed E-state index contributed by atoms with van der Waals surface area (Å²) in [5.74, 6) is 0. The summed E-state index contributed by atoms with van der Waals surface area (Å²) < 4.78 is 0.640. The molecule has 2 aromatic rings. The van der Waals surface area contributed by atoms with Gasteiger partial charge in [0.1, 0.15) is 6.10 Å². The van der Waals surface area contributed by atoms with Crippen LogP contribution in [0.4, 0.5) is 0 Å². The molecule has 1 atom stereocenters. The molecule has 0 aliphatic carbocycles. The fourth-order valence-corrected chi connectivity index (χ4v) is 2.60. The SMILES string of the molecule is OC(c1cncs1)c1ccsc1Cl. The lowest BCUT2D eigenvalue weighted by atomic mass is 10.2. The van der Waals surface area contributed by atoms with Crippen molar-refractivity contribution in [2.24, 2.45) is 0 Å². The van der Waals surface area contributed by atoms with E-state index in [9.17, 15) is 5.11 Å². The summed E-state index contributed by atoms with van der Waals surface area (Å²) in [5.41, 5.74) is 2.45. The molecule has 1 N–H and O–H groups in total. The molecule has 0 bridgehead atoms. The monoisotopic (exact) mass is 231 g/mol. The number of rotatable bonds is 2. The molecular weight excluding hydrogens is 226 g/mol. The summed E-state index contributed by atoms with van der Waals surface area (Å²) in [6.07, 6.45) is 1.02. The van der Waals surface area contributed by atoms with Gasteiger partial charge in [-0.2, -0.15) is 0 Å². The number of aliphatic hydroxyl groups excluding tert-OH is 1. The van der Waals surface area contributed by atoms with Gasteiger partial charge in [0.05, 0.1) is 14.7 Å². The van der Waals surface area contributed by atoms with Crippen LogP contribution in [-0.4, -0.2) is 10.1 Å². The Hall–Kier alpha value is -0.420. The third-order valence-corrected chi connectivity index (χ3v) is 3.69. The molecule has 1 unspecified atom stereocenters. The van der Waals surface area contributed by atoms with E-state index in [0.717, 1.165) is 10.4 Å². The summed E-state index contributed by atoms with van der Waals surface area (Å²) in [6, 6.07) is 1.83. The fraction of sp³-hybridized carbons (Fsp3) is 0.125. The minimum atomic E-state index is -0.633. The number of thiophene rings is 1. The van der Waals surface area contributed by atoms with Crippen LogP contribution in [0.5, 0.6) is 0 Å². The molecule has 0 aliphatic heterocycles. The number of nitrogens with zero attached hydrogens (tertiary/aromatic N) is 1. The van der Waals surface area contributed by atoms with Crippen LogP contribution in [0.2, 0.25) is 4.34 Å². The summed E-state index contributed by atoms with van der Waals surface area (Å²) in [7, 11) is 0. The van der Waals surface area contributed by atoms with Crippen LogP contribution >= 0.6 is 34.3 Å². The average molecular weight is 232 g/mol. The van der Waals surface area contributed by atoms with E-state index in [1.165, 1.54) is 22.7 Å². The van der Waals surface area contributed by atoms with Gasteiger partial charge >= 0.3 is 0 Å². The minimum Gasteiger partial charge on any atom is -0.383 e. The molecule has 0 aromatic carbocycles. The Bertz CT molecular complexity index is 385. The van der Waals surface area contributed by atoms with Crippen molar-refractivity contribution in [1.82, 2.24) is 4.98 Å². The summed E-state index contributed by atoms with van der Waals surface area (Å²) in [4.78, 5) is 4.72. The standard InChI is InChI=1S/C8H6ClNOS2/c9-8-5(1-2-12-8)7(11)6-3-10-4-13-6/h1-4,7,11H. The first-order chi connectivity index (χ1) is 6.29. The maximum atomic E-state index is 9.84. The zero-order valence-corrected chi connectivity index (χ0v) is 8.86. The van der Waals surface area contributed by atoms with Crippen LogP contribution in [-0.2, 0) is 0 Å². The van der Waals surface area contributed by atoms with Crippen molar-refractivity contribution in [3.63, 3.8) is 0 Å². The van der Waals surface area contributed by atoms with E-state index >= 15 is 0 Å². The molecule has 0 radical (unpaired) electrons. The van der Waals surface area contributed by atoms with Gasteiger partial charge < -0.3 is 5.11 Å². The van der Waals surface area contributed by atoms with Crippen molar-refractivity contribution in [2.75, 3.05) is 0 Å². The van der Waals surface area contributed by atoms with Gasteiger partial charge in [-0.15, -0.1) is 22.7 Å². The van der Waals surface area contributed by atoms with Crippen molar-refractivity contribution < 1.29 is 5.11 Å². The maximum Gasteiger partial charge on any atom is 0.117 e. The van der Waals surface area contributed by atoms with Crippen LogP contribution in [0.15, 0.2) is 23.2 Å². The third-order valence-electron chi connectivity index (χ3n) is 1.66. The lowest BCUT2D eigenvalue weighted by Gasteiger charge is -2.05. The number of thiazole rings is 1. The molecule has 5 heteroatoms. The second-order valence-corrected chi connectivity index (χ2v) is 4.89. The highest BCUT2D eigenvalue weighted by Gasteiger charge is 2.15. The molecule has 2 rings (SSSR count). The Balaban J connectivity index is 2.33. The second kappa shape index (κ2) is 3.75. The maximum absolute atomic E-state index is 9.84. The van der Waals surface area contributed by atoms with Gasteiger partial charge in [-0.1, -0.05) is 11.6 Å². The van der Waals surface area contributed by atoms with E-state index in [0.29, 0.717) is 4.34 Å². The molecule has 2 aromatic heterocycles. The zero-order valence-electron chi connectivity index (χ0n) is 6.48. The Kier molecular flexibility index (Phi) is 2.64. The van der Waals surface area contributed by atoms with Crippen LogP contribution in [0.3, 0.4) is 0 Å². The van der Waals surface area contributed by atoms with Crippen LogP contribution in [0, 0.1) is 0 Å². The van der Waals surface area contributed by atoms with Gasteiger partial charge in [-0.25, -0.2) is 0 Å². The molecule has 68 valence electrons. The van der Waals surface area contributed by atoms with Gasteiger partial charge in [0.25, 0.3) is 0 Å². The summed E-state index contributed by atoms with van der Waals surface area (Å²) in [6.45, 7) is 0. The van der Waals surface area contributed by atoms with Crippen molar-refractivity contribution >= 4 is 34.3 Å². The van der Waals surface area contributed by atoms with E-state index in [1.54, 1.807) is 11.7 Å². The molecular formula is C8H6ClNOS2. The van der Waals surface area contributed by atoms with Crippen molar-refractivity contribution in [1.29, 1.82) is 0 Å². The highest BCUT2D eigenvalue weighted by atomic mass is 35.5. The van der Waals surface area contributed by atoms with Crippen LogP contribution in [0.1, 0.15) is 16.5 Å². The van der Waals surface area contributed by atoms with Crippen molar-refractivity contribution in [3.8, 4) is 0 Å². The number of halogens is 1. The predicted molar refractivity (Wildman–Crippen MR) is 55.5 cm³/mol. The molecule has 0 amide bonds. The third kappa shape index (κ3) is 1.76. The summed E-state index contributed by atoms with van der Waals surface area (Å²) >= 11 is 8.74. The predicted octanol–water partition coefficient (Wildman–Crippen LogP) is 2.94. The zero-order chi connectivity index (χ0) is 9.26. The first-order valence-corrected chi connectivity index (χ1v) is 5.72. The molecule has 0 aliphatic rings. The normalized spacial score (nSPS) is 13.1. The molecule has 0 fully saturated rings. The van der Waals surface area contributed by atoms with Gasteiger partial charge in [-0.05, 0) is 11.4 Å². The van der Waals surface area contributed by atoms with Gasteiger partial charge in [-0.3, -0.25) is 4.98 Å². The Labute approximate surface area is 88.5 Å². The molecule has 0 saturated heterocycles. The van der Waals surface area contributed by atoms with E-state index in [1.807, 2.05) is 11.4 Å². The molecule has 13 heavy (non-hydrogen) atoms. The number of aromatic nitrogens is 1. The largest absolute Gasteiger partial charge is 0.383 e. The topological polar surface area (TPSA) is 33.1 Å².